The standard InChI is InChI=1S/C19H25N3O/c1-23-18-9-3-2-8-17(18)16-7-6-13-22(15-16)14-12-21-19-10-4-5-11-20-19/h2-5,8-11,16H,6-7,12-15H2,1H3,(H,20,21). The molecule has 1 saturated heterocycles. The van der Waals surface area contributed by atoms with Crippen molar-refractivity contribution in [2.45, 2.75) is 18.8 Å². The van der Waals surface area contributed by atoms with Gasteiger partial charge in [0.25, 0.3) is 0 Å². The van der Waals surface area contributed by atoms with Crippen LogP contribution in [0, 0.1) is 0 Å². The Kier molecular flexibility index (Phi) is 5.48. The lowest BCUT2D eigenvalue weighted by Gasteiger charge is -2.33. The van der Waals surface area contributed by atoms with Crippen LogP contribution >= 0.6 is 0 Å². The van der Waals surface area contributed by atoms with Crippen molar-refractivity contribution in [3.8, 4) is 5.75 Å². The van der Waals surface area contributed by atoms with Gasteiger partial charge in [0.05, 0.1) is 7.11 Å². The molecule has 4 heteroatoms. The number of methoxy groups -OCH3 is 1. The number of ether oxygens (including phenoxy) is 1. The normalized spacial score (nSPS) is 18.6. The highest BCUT2D eigenvalue weighted by Crippen LogP contribution is 2.32. The van der Waals surface area contributed by atoms with Crippen LogP contribution in [-0.4, -0.2) is 43.2 Å². The highest BCUT2D eigenvalue weighted by molar-refractivity contribution is 5.37. The fourth-order valence-electron chi connectivity index (χ4n) is 3.33. The summed E-state index contributed by atoms with van der Waals surface area (Å²) in [5.41, 5.74) is 1.34. The van der Waals surface area contributed by atoms with Gasteiger partial charge in [-0.15, -0.1) is 0 Å². The van der Waals surface area contributed by atoms with Gasteiger partial charge < -0.3 is 15.0 Å². The fourth-order valence-corrected chi connectivity index (χ4v) is 3.33. The minimum Gasteiger partial charge on any atom is -0.496 e. The summed E-state index contributed by atoms with van der Waals surface area (Å²) in [6.45, 7) is 4.25. The van der Waals surface area contributed by atoms with Crippen LogP contribution in [0.5, 0.6) is 5.75 Å². The van der Waals surface area contributed by atoms with Gasteiger partial charge in [-0.1, -0.05) is 24.3 Å². The van der Waals surface area contributed by atoms with Gasteiger partial charge >= 0.3 is 0 Å². The molecule has 1 aliphatic rings. The number of hydrogen-bond acceptors (Lipinski definition) is 4. The van der Waals surface area contributed by atoms with Crippen molar-refractivity contribution in [2.24, 2.45) is 0 Å². The lowest BCUT2D eigenvalue weighted by Crippen LogP contribution is -2.37. The molecule has 0 radical (unpaired) electrons. The first-order valence-corrected chi connectivity index (χ1v) is 8.37. The van der Waals surface area contributed by atoms with Gasteiger partial charge in [-0.2, -0.15) is 0 Å². The maximum absolute atomic E-state index is 5.53. The van der Waals surface area contributed by atoms with Crippen molar-refractivity contribution >= 4 is 5.82 Å². The molecule has 1 unspecified atom stereocenters. The number of hydrogen-bond donors (Lipinski definition) is 1. The largest absolute Gasteiger partial charge is 0.496 e. The first-order chi connectivity index (χ1) is 11.4. The van der Waals surface area contributed by atoms with Crippen LogP contribution in [-0.2, 0) is 0 Å². The summed E-state index contributed by atoms with van der Waals surface area (Å²) in [5, 5.41) is 3.39. The van der Waals surface area contributed by atoms with E-state index in [4.69, 9.17) is 4.74 Å². The second-order valence-corrected chi connectivity index (χ2v) is 6.02. The van der Waals surface area contributed by atoms with Gasteiger partial charge in [-0.3, -0.25) is 0 Å². The zero-order valence-corrected chi connectivity index (χ0v) is 13.7. The van der Waals surface area contributed by atoms with Crippen LogP contribution in [0.15, 0.2) is 48.7 Å². The average Bonchev–Trinajstić information content (AvgIpc) is 2.63. The molecule has 3 rings (SSSR count). The Labute approximate surface area is 138 Å². The number of piperidine rings is 1. The minimum atomic E-state index is 0.565. The van der Waals surface area contributed by atoms with Gasteiger partial charge in [0.2, 0.25) is 0 Å². The van der Waals surface area contributed by atoms with E-state index in [1.165, 1.54) is 24.9 Å². The number of nitrogens with zero attached hydrogens (tertiary/aromatic N) is 2. The smallest absolute Gasteiger partial charge is 0.125 e. The lowest BCUT2D eigenvalue weighted by atomic mass is 9.90. The Hall–Kier alpha value is -2.07. The second-order valence-electron chi connectivity index (χ2n) is 6.02. The van der Waals surface area contributed by atoms with E-state index in [1.807, 2.05) is 30.5 Å². The third kappa shape index (κ3) is 4.23. The molecule has 0 amide bonds. The number of rotatable bonds is 6. The van der Waals surface area contributed by atoms with E-state index in [0.717, 1.165) is 31.2 Å². The number of likely N-dealkylation sites (tertiary alicyclic amines) is 1. The first-order valence-electron chi connectivity index (χ1n) is 8.37. The molecule has 1 fully saturated rings. The molecule has 1 aliphatic heterocycles. The van der Waals surface area contributed by atoms with E-state index in [0.29, 0.717) is 5.92 Å². The predicted molar refractivity (Wildman–Crippen MR) is 94.1 cm³/mol. The molecule has 1 aromatic heterocycles. The van der Waals surface area contributed by atoms with Crippen molar-refractivity contribution in [1.82, 2.24) is 9.88 Å². The summed E-state index contributed by atoms with van der Waals surface area (Å²) in [5.74, 6) is 2.53. The number of para-hydroxylation sites is 1. The predicted octanol–water partition coefficient (Wildman–Crippen LogP) is 3.38. The van der Waals surface area contributed by atoms with Crippen molar-refractivity contribution in [1.29, 1.82) is 0 Å². The molecule has 2 heterocycles. The number of benzene rings is 1. The molecule has 0 bridgehead atoms. The molecular weight excluding hydrogens is 286 g/mol. The lowest BCUT2D eigenvalue weighted by molar-refractivity contribution is 0.213. The molecule has 1 N–H and O–H groups in total. The number of pyridine rings is 1. The highest BCUT2D eigenvalue weighted by atomic mass is 16.5. The SMILES string of the molecule is COc1ccccc1C1CCCN(CCNc2ccccn2)C1. The van der Waals surface area contributed by atoms with Gasteiger partial charge in [0.15, 0.2) is 0 Å². The van der Waals surface area contributed by atoms with Gasteiger partial charge in [-0.05, 0) is 43.1 Å². The first kappa shape index (κ1) is 15.8. The topological polar surface area (TPSA) is 37.4 Å². The van der Waals surface area contributed by atoms with E-state index < -0.39 is 0 Å². The van der Waals surface area contributed by atoms with Crippen molar-refractivity contribution in [3.05, 3.63) is 54.2 Å². The molecular formula is C19H25N3O. The summed E-state index contributed by atoms with van der Waals surface area (Å²) in [6.07, 6.45) is 4.30. The molecule has 1 atom stereocenters. The quantitative estimate of drug-likeness (QED) is 0.887. The fraction of sp³-hybridized carbons (Fsp3) is 0.421. The molecule has 0 aliphatic carbocycles. The van der Waals surface area contributed by atoms with Crippen LogP contribution in [0.1, 0.15) is 24.3 Å². The summed E-state index contributed by atoms with van der Waals surface area (Å²) in [6, 6.07) is 14.4. The van der Waals surface area contributed by atoms with Crippen LogP contribution in [0.4, 0.5) is 5.82 Å². The monoisotopic (exact) mass is 311 g/mol. The Bertz CT molecular complexity index is 603. The van der Waals surface area contributed by atoms with Gasteiger partial charge in [0, 0.05) is 31.7 Å². The average molecular weight is 311 g/mol. The zero-order chi connectivity index (χ0) is 15.9. The maximum atomic E-state index is 5.53. The van der Waals surface area contributed by atoms with Gasteiger partial charge in [0.1, 0.15) is 11.6 Å². The summed E-state index contributed by atoms with van der Waals surface area (Å²) in [7, 11) is 1.76. The third-order valence-electron chi connectivity index (χ3n) is 4.48. The van der Waals surface area contributed by atoms with Gasteiger partial charge in [-0.25, -0.2) is 4.98 Å². The maximum Gasteiger partial charge on any atom is 0.125 e. The Morgan fingerprint density at radius 3 is 2.91 bits per heavy atom. The molecule has 122 valence electrons. The summed E-state index contributed by atoms with van der Waals surface area (Å²) >= 11 is 0. The van der Waals surface area contributed by atoms with Crippen molar-refractivity contribution in [2.75, 3.05) is 38.6 Å². The molecule has 4 nitrogen and oxygen atoms in total. The Morgan fingerprint density at radius 1 is 1.22 bits per heavy atom. The highest BCUT2D eigenvalue weighted by Gasteiger charge is 2.23. The molecule has 23 heavy (non-hydrogen) atoms. The Balaban J connectivity index is 1.54. The van der Waals surface area contributed by atoms with Crippen LogP contribution in [0.3, 0.4) is 0 Å². The zero-order valence-electron chi connectivity index (χ0n) is 13.7. The summed E-state index contributed by atoms with van der Waals surface area (Å²) in [4.78, 5) is 6.84. The number of nitrogens with one attached hydrogen (secondary N) is 1. The Morgan fingerprint density at radius 2 is 2.09 bits per heavy atom. The van der Waals surface area contributed by atoms with E-state index in [-0.39, 0.29) is 0 Å². The summed E-state index contributed by atoms with van der Waals surface area (Å²) < 4.78 is 5.53. The number of aromatic nitrogens is 1. The minimum absolute atomic E-state index is 0.565. The van der Waals surface area contributed by atoms with Crippen molar-refractivity contribution in [3.63, 3.8) is 0 Å². The van der Waals surface area contributed by atoms with Crippen molar-refractivity contribution < 1.29 is 4.74 Å². The van der Waals surface area contributed by atoms with Crippen LogP contribution in [0.2, 0.25) is 0 Å². The van der Waals surface area contributed by atoms with Crippen LogP contribution < -0.4 is 10.1 Å². The van der Waals surface area contributed by atoms with Crippen LogP contribution in [0.25, 0.3) is 0 Å². The second kappa shape index (κ2) is 7.97. The molecule has 1 aromatic carbocycles. The molecule has 2 aromatic rings. The van der Waals surface area contributed by atoms with E-state index in [1.54, 1.807) is 7.11 Å². The third-order valence-corrected chi connectivity index (χ3v) is 4.48. The number of anilines is 1. The van der Waals surface area contributed by atoms with E-state index in [9.17, 15) is 0 Å². The molecule has 0 saturated carbocycles. The van der Waals surface area contributed by atoms with E-state index >= 15 is 0 Å². The molecule has 0 spiro atoms. The van der Waals surface area contributed by atoms with E-state index in [2.05, 4.69) is 33.4 Å².